The van der Waals surface area contributed by atoms with Crippen molar-refractivity contribution in [3.8, 4) is 6.07 Å². The zero-order valence-corrected chi connectivity index (χ0v) is 13.0. The molecule has 0 rings (SSSR count). The maximum absolute atomic E-state index is 12.0. The van der Waals surface area contributed by atoms with Crippen molar-refractivity contribution >= 4 is 15.6 Å². The van der Waals surface area contributed by atoms with E-state index in [0.29, 0.717) is 0 Å². The average molecular weight is 283 g/mol. The number of allylic oxidation sites excluding steroid dienone is 2. The van der Waals surface area contributed by atoms with Crippen LogP contribution in [0.2, 0.25) is 0 Å². The number of carbonyl (C=O) groups excluding carboxylic acids is 1. The van der Waals surface area contributed by atoms with Crippen LogP contribution in [0.5, 0.6) is 0 Å². The fraction of sp³-hybridized carbons (Fsp3) is 0.571. The largest absolute Gasteiger partial charge is 0.293 e. The first kappa shape index (κ1) is 17.6. The average Bonchev–Trinajstić information content (AvgIpc) is 2.27. The highest BCUT2D eigenvalue weighted by Crippen LogP contribution is 2.25. The SMILES string of the molecule is C=CS(=O)(=O)C(C)(C)C/C=C(\C#N)C(=O)C(C)(C)C. The third kappa shape index (κ3) is 4.32. The Balaban J connectivity index is 5.34. The molecule has 19 heavy (non-hydrogen) atoms. The van der Waals surface area contributed by atoms with Crippen molar-refractivity contribution in [3.63, 3.8) is 0 Å². The smallest absolute Gasteiger partial charge is 0.178 e. The van der Waals surface area contributed by atoms with Crippen molar-refractivity contribution in [2.24, 2.45) is 5.41 Å². The second kappa shape index (κ2) is 5.70. The summed E-state index contributed by atoms with van der Waals surface area (Å²) in [7, 11) is -3.46. The molecule has 5 heteroatoms. The minimum Gasteiger partial charge on any atom is -0.293 e. The Kier molecular flexibility index (Phi) is 5.28. The van der Waals surface area contributed by atoms with Gasteiger partial charge in [-0.25, -0.2) is 8.42 Å². The molecule has 0 fully saturated rings. The van der Waals surface area contributed by atoms with Crippen molar-refractivity contribution in [1.29, 1.82) is 5.26 Å². The van der Waals surface area contributed by atoms with Crippen LogP contribution in [0.3, 0.4) is 0 Å². The minimum atomic E-state index is -3.46. The molecule has 106 valence electrons. The molecular formula is C14H21NO3S. The maximum Gasteiger partial charge on any atom is 0.178 e. The fourth-order valence-electron chi connectivity index (χ4n) is 1.28. The lowest BCUT2D eigenvalue weighted by Gasteiger charge is -2.21. The zero-order chi connectivity index (χ0) is 15.5. The topological polar surface area (TPSA) is 75.0 Å². The first-order chi connectivity index (χ1) is 8.39. The Morgan fingerprint density at radius 1 is 1.26 bits per heavy atom. The van der Waals surface area contributed by atoms with E-state index in [4.69, 9.17) is 5.26 Å². The first-order valence-corrected chi connectivity index (χ1v) is 7.46. The van der Waals surface area contributed by atoms with E-state index in [1.165, 1.54) is 19.9 Å². The van der Waals surface area contributed by atoms with E-state index >= 15 is 0 Å². The molecule has 0 aromatic carbocycles. The molecule has 0 radical (unpaired) electrons. The van der Waals surface area contributed by atoms with Gasteiger partial charge in [0.2, 0.25) is 0 Å². The second-order valence-corrected chi connectivity index (χ2v) is 8.51. The number of hydrogen-bond acceptors (Lipinski definition) is 4. The van der Waals surface area contributed by atoms with E-state index in [-0.39, 0.29) is 17.8 Å². The summed E-state index contributed by atoms with van der Waals surface area (Å²) >= 11 is 0. The molecule has 0 unspecified atom stereocenters. The Bertz CT molecular complexity index is 540. The van der Waals surface area contributed by atoms with Crippen LogP contribution in [0.4, 0.5) is 0 Å². The molecule has 0 aliphatic carbocycles. The summed E-state index contributed by atoms with van der Waals surface area (Å²) in [6.45, 7) is 11.5. The molecular weight excluding hydrogens is 262 g/mol. The van der Waals surface area contributed by atoms with Gasteiger partial charge in [0.15, 0.2) is 15.6 Å². The summed E-state index contributed by atoms with van der Waals surface area (Å²) in [4.78, 5) is 12.0. The van der Waals surface area contributed by atoms with Crippen LogP contribution in [0.15, 0.2) is 23.6 Å². The van der Waals surface area contributed by atoms with Crippen LogP contribution in [0.25, 0.3) is 0 Å². The van der Waals surface area contributed by atoms with Crippen LogP contribution in [-0.4, -0.2) is 18.9 Å². The molecule has 0 heterocycles. The highest BCUT2D eigenvalue weighted by atomic mass is 32.2. The molecule has 0 saturated carbocycles. The van der Waals surface area contributed by atoms with Gasteiger partial charge in [0.25, 0.3) is 0 Å². The summed E-state index contributed by atoms with van der Waals surface area (Å²) in [5, 5.41) is 9.91. The Labute approximate surface area is 115 Å². The van der Waals surface area contributed by atoms with Crippen molar-refractivity contribution in [2.75, 3.05) is 0 Å². The van der Waals surface area contributed by atoms with E-state index in [2.05, 4.69) is 6.58 Å². The predicted octanol–water partition coefficient (Wildman–Crippen LogP) is 2.78. The fourth-order valence-corrected chi connectivity index (χ4v) is 2.05. The maximum atomic E-state index is 12.0. The van der Waals surface area contributed by atoms with Gasteiger partial charge in [0.1, 0.15) is 6.07 Å². The second-order valence-electron chi connectivity index (χ2n) is 5.98. The molecule has 0 spiro atoms. The van der Waals surface area contributed by atoms with Crippen molar-refractivity contribution < 1.29 is 13.2 Å². The van der Waals surface area contributed by atoms with Crippen LogP contribution in [-0.2, 0) is 14.6 Å². The first-order valence-electron chi connectivity index (χ1n) is 5.91. The minimum absolute atomic E-state index is 0.000151. The lowest BCUT2D eigenvalue weighted by Crippen LogP contribution is -2.30. The van der Waals surface area contributed by atoms with Crippen LogP contribution in [0.1, 0.15) is 41.0 Å². The third-order valence-corrected chi connectivity index (χ3v) is 4.98. The van der Waals surface area contributed by atoms with Gasteiger partial charge in [-0.05, 0) is 20.3 Å². The lowest BCUT2D eigenvalue weighted by molar-refractivity contribution is -0.122. The molecule has 4 nitrogen and oxygen atoms in total. The van der Waals surface area contributed by atoms with Crippen molar-refractivity contribution in [1.82, 2.24) is 0 Å². The molecule has 0 aliphatic rings. The van der Waals surface area contributed by atoms with Gasteiger partial charge in [-0.2, -0.15) is 5.26 Å². The Hall–Kier alpha value is -1.41. The van der Waals surface area contributed by atoms with E-state index in [1.54, 1.807) is 20.8 Å². The standard InChI is InChI=1S/C14H21NO3S/c1-7-19(17,18)14(5,6)9-8-11(10-15)12(16)13(2,3)4/h7-8H,1,9H2,2-6H3/b11-8+. The van der Waals surface area contributed by atoms with Gasteiger partial charge in [0, 0.05) is 10.8 Å². The number of rotatable bonds is 5. The summed E-state index contributed by atoms with van der Waals surface area (Å²) in [5.74, 6) is -0.290. The van der Waals surface area contributed by atoms with E-state index in [0.717, 1.165) is 5.41 Å². The molecule has 0 atom stereocenters. The zero-order valence-electron chi connectivity index (χ0n) is 12.1. The number of ketones is 1. The number of hydrogen-bond donors (Lipinski definition) is 0. The predicted molar refractivity (Wildman–Crippen MR) is 76.0 cm³/mol. The molecule has 0 N–H and O–H groups in total. The highest BCUT2D eigenvalue weighted by molar-refractivity contribution is 7.95. The molecule has 0 aromatic rings. The number of carbonyl (C=O) groups is 1. The summed E-state index contributed by atoms with van der Waals surface area (Å²) < 4.78 is 22.5. The number of nitrogens with zero attached hydrogens (tertiary/aromatic N) is 1. The lowest BCUT2D eigenvalue weighted by atomic mass is 9.86. The van der Waals surface area contributed by atoms with Gasteiger partial charge in [-0.1, -0.05) is 33.4 Å². The van der Waals surface area contributed by atoms with Gasteiger partial charge in [0.05, 0.1) is 10.3 Å². The molecule has 0 aromatic heterocycles. The summed E-state index contributed by atoms with van der Waals surface area (Å²) in [6, 6.07) is 1.84. The molecule has 0 aliphatic heterocycles. The Morgan fingerprint density at radius 3 is 2.05 bits per heavy atom. The van der Waals surface area contributed by atoms with E-state index in [9.17, 15) is 13.2 Å². The van der Waals surface area contributed by atoms with Gasteiger partial charge in [-0.3, -0.25) is 4.79 Å². The molecule has 0 amide bonds. The van der Waals surface area contributed by atoms with Crippen LogP contribution in [0, 0.1) is 16.7 Å². The Morgan fingerprint density at radius 2 is 1.74 bits per heavy atom. The van der Waals surface area contributed by atoms with E-state index in [1.807, 2.05) is 6.07 Å². The van der Waals surface area contributed by atoms with Gasteiger partial charge in [-0.15, -0.1) is 0 Å². The summed E-state index contributed by atoms with van der Waals surface area (Å²) in [5.41, 5.74) is -0.664. The van der Waals surface area contributed by atoms with Crippen molar-refractivity contribution in [3.05, 3.63) is 23.6 Å². The van der Waals surface area contributed by atoms with Crippen LogP contribution < -0.4 is 0 Å². The normalized spacial score (nSPS) is 13.8. The number of Topliss-reactive ketones (excluding diaryl/α,β-unsaturated/α-hetero) is 1. The summed E-state index contributed by atoms with van der Waals surface area (Å²) in [6.07, 6.45) is 1.49. The number of nitriles is 1. The quantitative estimate of drug-likeness (QED) is 0.574. The highest BCUT2D eigenvalue weighted by Gasteiger charge is 2.32. The molecule has 0 bridgehead atoms. The number of sulfone groups is 1. The molecule has 0 saturated heterocycles. The third-order valence-electron chi connectivity index (χ3n) is 2.83. The van der Waals surface area contributed by atoms with Gasteiger partial charge < -0.3 is 0 Å². The monoisotopic (exact) mass is 283 g/mol. The van der Waals surface area contributed by atoms with E-state index < -0.39 is 20.0 Å². The van der Waals surface area contributed by atoms with Crippen molar-refractivity contribution in [2.45, 2.75) is 45.8 Å². The van der Waals surface area contributed by atoms with Gasteiger partial charge >= 0.3 is 0 Å². The van der Waals surface area contributed by atoms with Crippen LogP contribution >= 0.6 is 0 Å².